The molecule has 1 amide bonds. The third-order valence-corrected chi connectivity index (χ3v) is 6.78. The summed E-state index contributed by atoms with van der Waals surface area (Å²) in [6, 6.07) is 5.35. The Morgan fingerprint density at radius 3 is 2.54 bits per heavy atom. The average molecular weight is 380 g/mol. The van der Waals surface area contributed by atoms with E-state index in [1.807, 2.05) is 6.92 Å². The molecule has 3 atom stereocenters. The number of rotatable bonds is 5. The highest BCUT2D eigenvalue weighted by Crippen LogP contribution is 2.48. The van der Waals surface area contributed by atoms with Crippen LogP contribution in [0.4, 0.5) is 0 Å². The second kappa shape index (κ2) is 6.36. The molecule has 2 aliphatic heterocycles. The minimum Gasteiger partial charge on any atom is -0.464 e. The zero-order valence-corrected chi connectivity index (χ0v) is 15.7. The molecule has 2 fully saturated rings. The molecule has 8 nitrogen and oxygen atoms in total. The van der Waals surface area contributed by atoms with Crippen LogP contribution in [0.5, 0.6) is 0 Å². The van der Waals surface area contributed by atoms with Crippen LogP contribution in [0.1, 0.15) is 18.9 Å². The summed E-state index contributed by atoms with van der Waals surface area (Å²) in [7, 11) is -5.09. The van der Waals surface area contributed by atoms with E-state index in [0.717, 1.165) is 14.7 Å². The predicted octanol–water partition coefficient (Wildman–Crippen LogP) is 0.0124. The van der Waals surface area contributed by atoms with Gasteiger partial charge in [0.1, 0.15) is 11.6 Å². The summed E-state index contributed by atoms with van der Waals surface area (Å²) >= 11 is 0. The fourth-order valence-electron chi connectivity index (χ4n) is 3.45. The first-order valence-electron chi connectivity index (χ1n) is 8.42. The van der Waals surface area contributed by atoms with Crippen LogP contribution in [0.2, 0.25) is 6.82 Å². The van der Waals surface area contributed by atoms with E-state index < -0.39 is 40.5 Å². The van der Waals surface area contributed by atoms with Crippen LogP contribution >= 0.6 is 0 Å². The van der Waals surface area contributed by atoms with Gasteiger partial charge in [0, 0.05) is 13.0 Å². The molecule has 2 aliphatic rings. The molecular weight excluding hydrogens is 359 g/mol. The van der Waals surface area contributed by atoms with Gasteiger partial charge in [-0.15, -0.1) is 0 Å². The molecule has 0 aliphatic carbocycles. The van der Waals surface area contributed by atoms with E-state index in [1.54, 1.807) is 19.1 Å². The van der Waals surface area contributed by atoms with Gasteiger partial charge < -0.3 is 14.6 Å². The lowest BCUT2D eigenvalue weighted by Gasteiger charge is -2.23. The van der Waals surface area contributed by atoms with Crippen molar-refractivity contribution in [3.05, 3.63) is 29.8 Å². The van der Waals surface area contributed by atoms with Gasteiger partial charge in [0.25, 0.3) is 0 Å². The topological polar surface area (TPSA) is 104 Å². The Morgan fingerprint density at radius 1 is 1.38 bits per heavy atom. The summed E-state index contributed by atoms with van der Waals surface area (Å²) < 4.78 is 31.8. The first kappa shape index (κ1) is 18.9. The number of carbonyl (C=O) groups is 2. The summed E-state index contributed by atoms with van der Waals surface area (Å²) in [5, 5.41) is 9.94. The number of nitrogens with zero attached hydrogens (tertiary/aromatic N) is 2. The van der Waals surface area contributed by atoms with Gasteiger partial charge in [0.2, 0.25) is 15.9 Å². The second-order valence-electron chi connectivity index (χ2n) is 6.67. The molecule has 1 N–H and O–H groups in total. The number of ether oxygens (including phenoxy) is 1. The van der Waals surface area contributed by atoms with Crippen molar-refractivity contribution in [1.29, 1.82) is 0 Å². The first-order valence-corrected chi connectivity index (χ1v) is 9.86. The van der Waals surface area contributed by atoms with E-state index in [-0.39, 0.29) is 24.5 Å². The quantitative estimate of drug-likeness (QED) is 0.439. The van der Waals surface area contributed by atoms with Crippen LogP contribution in [0, 0.1) is 6.92 Å². The number of aryl methyl sites for hydroxylation is 1. The predicted molar refractivity (Wildman–Crippen MR) is 93.5 cm³/mol. The lowest BCUT2D eigenvalue weighted by Crippen LogP contribution is -2.49. The Hall–Kier alpha value is -1.91. The van der Waals surface area contributed by atoms with Gasteiger partial charge in [0.15, 0.2) is 0 Å². The van der Waals surface area contributed by atoms with Gasteiger partial charge in [-0.25, -0.2) is 13.2 Å². The zero-order valence-electron chi connectivity index (χ0n) is 14.9. The highest BCUT2D eigenvalue weighted by molar-refractivity contribution is 7.89. The van der Waals surface area contributed by atoms with Crippen molar-refractivity contribution in [1.82, 2.24) is 9.12 Å². The minimum atomic E-state index is -3.87. The van der Waals surface area contributed by atoms with Crippen molar-refractivity contribution in [2.75, 3.05) is 13.2 Å². The number of amides is 1. The van der Waals surface area contributed by atoms with E-state index in [2.05, 4.69) is 0 Å². The second-order valence-corrected chi connectivity index (χ2v) is 8.53. The van der Waals surface area contributed by atoms with Crippen LogP contribution in [-0.2, 0) is 24.3 Å². The molecule has 2 heterocycles. The van der Waals surface area contributed by atoms with Crippen molar-refractivity contribution in [3.8, 4) is 0 Å². The van der Waals surface area contributed by atoms with Gasteiger partial charge in [0.05, 0.1) is 11.5 Å². The van der Waals surface area contributed by atoms with Gasteiger partial charge in [-0.3, -0.25) is 4.79 Å². The van der Waals surface area contributed by atoms with Crippen molar-refractivity contribution in [3.63, 3.8) is 0 Å². The molecule has 0 saturated carbocycles. The normalized spacial score (nSPS) is 27.7. The Labute approximate surface area is 152 Å². The maximum atomic E-state index is 12.9. The van der Waals surface area contributed by atoms with E-state index in [9.17, 15) is 23.0 Å². The Kier molecular flexibility index (Phi) is 4.62. The van der Waals surface area contributed by atoms with Gasteiger partial charge in [-0.2, -0.15) is 4.31 Å². The zero-order chi connectivity index (χ0) is 19.3. The number of hydrogen-bond acceptors (Lipinski definition) is 6. The molecule has 0 aromatic heterocycles. The van der Waals surface area contributed by atoms with Gasteiger partial charge in [-0.1, -0.05) is 17.7 Å². The van der Waals surface area contributed by atoms with Crippen LogP contribution in [-0.4, -0.2) is 66.2 Å². The average Bonchev–Trinajstić information content (AvgIpc) is 3.23. The molecule has 1 aromatic carbocycles. The molecule has 26 heavy (non-hydrogen) atoms. The lowest BCUT2D eigenvalue weighted by molar-refractivity contribution is -0.149. The fraction of sp³-hybridized carbons (Fsp3) is 0.500. The van der Waals surface area contributed by atoms with Crippen LogP contribution < -0.4 is 0 Å². The number of esters is 1. The Morgan fingerprint density at radius 2 is 2.00 bits per heavy atom. The molecule has 1 aromatic rings. The van der Waals surface area contributed by atoms with Crippen molar-refractivity contribution in [2.24, 2.45) is 0 Å². The molecule has 0 bridgehead atoms. The molecule has 2 saturated heterocycles. The molecule has 10 heteroatoms. The largest absolute Gasteiger partial charge is 0.464 e. The highest BCUT2D eigenvalue weighted by Gasteiger charge is 2.71. The standard InChI is InChI=1S/C16H21BN2O6S/c1-4-25-14(20)13-9-16(15(21)19(13)17(3)22)10-18(16)26(23,24)12-7-5-11(2)6-8-12/h5-8,13,22H,4,9-10H2,1-3H3/t13-,16?,18?/m0/s1. The van der Waals surface area contributed by atoms with E-state index in [0.29, 0.717) is 0 Å². The van der Waals surface area contributed by atoms with E-state index in [4.69, 9.17) is 4.74 Å². The van der Waals surface area contributed by atoms with E-state index >= 15 is 0 Å². The smallest absolute Gasteiger partial charge is 0.412 e. The number of hydrogen-bond donors (Lipinski definition) is 1. The third kappa shape index (κ3) is 2.82. The third-order valence-electron chi connectivity index (χ3n) is 4.85. The van der Waals surface area contributed by atoms with Crippen molar-refractivity contribution in [2.45, 2.75) is 43.6 Å². The molecule has 2 unspecified atom stereocenters. The summed E-state index contributed by atoms with van der Waals surface area (Å²) in [6.07, 6.45) is -0.0271. The van der Waals surface area contributed by atoms with Gasteiger partial charge >= 0.3 is 13.0 Å². The summed E-state index contributed by atoms with van der Waals surface area (Å²) in [5.41, 5.74) is -0.401. The monoisotopic (exact) mass is 380 g/mol. The Bertz CT molecular complexity index is 841. The minimum absolute atomic E-state index is 0.0127. The highest BCUT2D eigenvalue weighted by atomic mass is 32.2. The number of benzene rings is 1. The van der Waals surface area contributed by atoms with Crippen molar-refractivity contribution < 1.29 is 27.8 Å². The maximum absolute atomic E-state index is 12.9. The number of carbonyl (C=O) groups excluding carboxylic acids is 2. The SMILES string of the molecule is CCOC(=O)[C@@H]1CC2(CN2S(=O)(=O)c2ccc(C)cc2)C(=O)N1B(C)O. The van der Waals surface area contributed by atoms with Crippen LogP contribution in [0.15, 0.2) is 29.2 Å². The molecular formula is C16H21BN2O6S. The summed E-state index contributed by atoms with van der Waals surface area (Å²) in [5.74, 6) is -1.21. The molecule has 3 rings (SSSR count). The first-order chi connectivity index (χ1) is 12.1. The molecule has 140 valence electrons. The Balaban J connectivity index is 1.91. The molecule has 0 radical (unpaired) electrons. The van der Waals surface area contributed by atoms with Crippen molar-refractivity contribution >= 4 is 29.0 Å². The maximum Gasteiger partial charge on any atom is 0.412 e. The van der Waals surface area contributed by atoms with Crippen LogP contribution in [0.25, 0.3) is 0 Å². The summed E-state index contributed by atoms with van der Waals surface area (Å²) in [6.45, 7) is 4.98. The fourth-order valence-corrected chi connectivity index (χ4v) is 5.18. The molecule has 1 spiro atoms. The van der Waals surface area contributed by atoms with E-state index in [1.165, 1.54) is 19.0 Å². The van der Waals surface area contributed by atoms with Crippen LogP contribution in [0.3, 0.4) is 0 Å². The van der Waals surface area contributed by atoms with Gasteiger partial charge in [-0.05, 0) is 32.8 Å². The number of sulfonamides is 1. The lowest BCUT2D eigenvalue weighted by atomic mass is 9.84. The summed E-state index contributed by atoms with van der Waals surface area (Å²) in [4.78, 5) is 26.1.